The molecule has 2 aromatic heterocycles. The number of thioether (sulfide) groups is 1. The Hall–Kier alpha value is -3.34. The number of carbonyl (C=O) groups is 2. The van der Waals surface area contributed by atoms with Gasteiger partial charge in [-0.3, -0.25) is 19.0 Å². The Balaban J connectivity index is 0.000000648. The second-order valence-corrected chi connectivity index (χ2v) is 11.5. The maximum atomic E-state index is 13.6. The molecule has 2 heterocycles. The van der Waals surface area contributed by atoms with Crippen molar-refractivity contribution in [2.75, 3.05) is 32.3 Å². The number of nitrogens with zero attached hydrogens (tertiary/aromatic N) is 3. The number of aryl methyl sites for hydroxylation is 2. The maximum Gasteiger partial charge on any atom is 0.263 e. The smallest absolute Gasteiger partial charge is 0.263 e. The lowest BCUT2D eigenvalue weighted by Crippen LogP contribution is -2.25. The average Bonchev–Trinajstić information content (AvgIpc) is 3.51. The number of aromatic nitrogens is 2. The first-order valence-corrected chi connectivity index (χ1v) is 14.5. The Bertz CT molecular complexity index is 1540. The van der Waals surface area contributed by atoms with E-state index in [4.69, 9.17) is 21.3 Å². The Morgan fingerprint density at radius 3 is 2.64 bits per heavy atom. The highest BCUT2D eigenvalue weighted by Gasteiger charge is 2.23. The van der Waals surface area contributed by atoms with E-state index >= 15 is 0 Å². The highest BCUT2D eigenvalue weighted by molar-refractivity contribution is 7.99. The van der Waals surface area contributed by atoms with Crippen LogP contribution in [0.5, 0.6) is 5.75 Å². The fourth-order valence-corrected chi connectivity index (χ4v) is 6.50. The maximum absolute atomic E-state index is 13.6. The number of nitrogens with one attached hydrogen (secondary N) is 1. The van der Waals surface area contributed by atoms with E-state index in [1.807, 2.05) is 30.3 Å². The summed E-state index contributed by atoms with van der Waals surface area (Å²) >= 11 is 9.03. The van der Waals surface area contributed by atoms with Crippen LogP contribution in [-0.4, -0.2) is 53.7 Å². The monoisotopic (exact) mass is 584 g/mol. The third kappa shape index (κ3) is 7.00. The molecule has 0 spiro atoms. The van der Waals surface area contributed by atoms with Gasteiger partial charge in [0, 0.05) is 24.7 Å². The molecule has 0 saturated carbocycles. The van der Waals surface area contributed by atoms with Gasteiger partial charge in [0.05, 0.1) is 29.8 Å². The zero-order valence-electron chi connectivity index (χ0n) is 21.9. The van der Waals surface area contributed by atoms with Crippen molar-refractivity contribution in [2.45, 2.75) is 31.0 Å². The van der Waals surface area contributed by atoms with Crippen LogP contribution in [0.15, 0.2) is 58.5 Å². The summed E-state index contributed by atoms with van der Waals surface area (Å²) < 4.78 is 6.85. The second kappa shape index (κ2) is 13.1. The van der Waals surface area contributed by atoms with E-state index in [9.17, 15) is 14.4 Å². The van der Waals surface area contributed by atoms with Gasteiger partial charge < -0.3 is 15.0 Å². The Kier molecular flexibility index (Phi) is 9.66. The van der Waals surface area contributed by atoms with Gasteiger partial charge in [0.1, 0.15) is 10.6 Å². The third-order valence-corrected chi connectivity index (χ3v) is 8.41. The largest absolute Gasteiger partial charge is 0.495 e. The molecule has 5 rings (SSSR count). The van der Waals surface area contributed by atoms with Gasteiger partial charge in [-0.1, -0.05) is 53.7 Å². The van der Waals surface area contributed by atoms with Gasteiger partial charge in [-0.15, -0.1) is 11.3 Å². The highest BCUT2D eigenvalue weighted by Crippen LogP contribution is 2.36. The number of hydrogen-bond donors (Lipinski definition) is 1. The summed E-state index contributed by atoms with van der Waals surface area (Å²) in [5.41, 5.74) is 2.72. The van der Waals surface area contributed by atoms with Gasteiger partial charge in [0.15, 0.2) is 5.16 Å². The van der Waals surface area contributed by atoms with E-state index in [1.54, 1.807) is 48.2 Å². The number of rotatable bonds is 8. The van der Waals surface area contributed by atoms with Crippen LogP contribution in [0, 0.1) is 0 Å². The Labute approximate surface area is 240 Å². The van der Waals surface area contributed by atoms with Gasteiger partial charge >= 0.3 is 0 Å². The molecule has 0 bridgehead atoms. The lowest BCUT2D eigenvalue weighted by atomic mass is 10.2. The van der Waals surface area contributed by atoms with Crippen molar-refractivity contribution in [3.05, 3.63) is 79.9 Å². The van der Waals surface area contributed by atoms with Crippen LogP contribution in [-0.2, 0) is 29.0 Å². The normalized spacial score (nSPS) is 11.9. The number of fused-ring (bicyclic) bond motifs is 3. The molecule has 1 aliphatic rings. The van der Waals surface area contributed by atoms with Crippen LogP contribution in [0.1, 0.15) is 22.4 Å². The minimum atomic E-state index is -0.208. The van der Waals surface area contributed by atoms with E-state index in [1.165, 1.54) is 28.6 Å². The SMILES string of the molecule is CN(C)C=O.COc1ccc(NC(=O)CSc2nc3sc4c(c3c(=O)n2Cc2ccccc2)CCC4)cc1Cl. The van der Waals surface area contributed by atoms with Crippen LogP contribution in [0.25, 0.3) is 10.2 Å². The topological polar surface area (TPSA) is 93.5 Å². The van der Waals surface area contributed by atoms with E-state index in [-0.39, 0.29) is 17.2 Å². The summed E-state index contributed by atoms with van der Waals surface area (Å²) in [5.74, 6) is 0.446. The molecule has 8 nitrogen and oxygen atoms in total. The molecule has 2 aromatic carbocycles. The second-order valence-electron chi connectivity index (χ2n) is 9.06. The molecule has 39 heavy (non-hydrogen) atoms. The minimum absolute atomic E-state index is 0.0295. The van der Waals surface area contributed by atoms with Crippen molar-refractivity contribution in [1.29, 1.82) is 0 Å². The van der Waals surface area contributed by atoms with Gasteiger partial charge in [-0.2, -0.15) is 0 Å². The summed E-state index contributed by atoms with van der Waals surface area (Å²) in [6.07, 6.45) is 3.77. The Morgan fingerprint density at radius 1 is 1.23 bits per heavy atom. The van der Waals surface area contributed by atoms with Crippen molar-refractivity contribution in [1.82, 2.24) is 14.5 Å². The molecular formula is C28H29ClN4O4S2. The number of amides is 2. The first kappa shape index (κ1) is 28.7. The number of ether oxygens (including phenoxy) is 1. The molecule has 204 valence electrons. The number of thiophene rings is 1. The predicted octanol–water partition coefficient (Wildman–Crippen LogP) is 5.09. The van der Waals surface area contributed by atoms with E-state index in [2.05, 4.69) is 5.32 Å². The van der Waals surface area contributed by atoms with Crippen molar-refractivity contribution >= 4 is 62.9 Å². The molecule has 4 aromatic rings. The van der Waals surface area contributed by atoms with Crippen LogP contribution >= 0.6 is 34.7 Å². The lowest BCUT2D eigenvalue weighted by molar-refractivity contribution is -0.116. The number of halogens is 1. The third-order valence-electron chi connectivity index (χ3n) is 5.95. The fourth-order valence-electron chi connectivity index (χ4n) is 4.15. The summed E-state index contributed by atoms with van der Waals surface area (Å²) in [4.78, 5) is 44.0. The number of anilines is 1. The molecule has 1 N–H and O–H groups in total. The van der Waals surface area contributed by atoms with E-state index in [0.717, 1.165) is 47.0 Å². The van der Waals surface area contributed by atoms with Crippen LogP contribution in [0.4, 0.5) is 5.69 Å². The first-order valence-electron chi connectivity index (χ1n) is 12.3. The number of methoxy groups -OCH3 is 1. The van der Waals surface area contributed by atoms with Crippen LogP contribution < -0.4 is 15.6 Å². The summed E-state index contributed by atoms with van der Waals surface area (Å²) in [6.45, 7) is 0.408. The summed E-state index contributed by atoms with van der Waals surface area (Å²) in [7, 11) is 4.91. The molecule has 0 aliphatic heterocycles. The van der Waals surface area contributed by atoms with E-state index in [0.29, 0.717) is 28.2 Å². The quantitative estimate of drug-likeness (QED) is 0.176. The fraction of sp³-hybridized carbons (Fsp3) is 0.286. The number of benzene rings is 2. The number of hydrogen-bond acceptors (Lipinski definition) is 7. The van der Waals surface area contributed by atoms with Crippen molar-refractivity contribution in [2.24, 2.45) is 0 Å². The minimum Gasteiger partial charge on any atom is -0.495 e. The van der Waals surface area contributed by atoms with Crippen molar-refractivity contribution in [3.63, 3.8) is 0 Å². The predicted molar refractivity (Wildman–Crippen MR) is 159 cm³/mol. The first-order chi connectivity index (χ1) is 18.8. The standard InChI is InChI=1S/C25H22ClN3O3S2.C3H7NO/c1-32-19-11-10-16(12-18(19)26)27-21(30)14-33-25-28-23-22(17-8-5-9-20(17)34-23)24(31)29(25)13-15-6-3-2-4-7-15;1-4(2)3-5/h2-4,6-7,10-12H,5,8-9,13-14H2,1H3,(H,27,30);3H,1-2H3. The van der Waals surface area contributed by atoms with Gasteiger partial charge in [0.2, 0.25) is 12.3 Å². The molecule has 2 amide bonds. The molecule has 11 heteroatoms. The summed E-state index contributed by atoms with van der Waals surface area (Å²) in [6, 6.07) is 14.9. The molecule has 0 fully saturated rings. The zero-order valence-corrected chi connectivity index (χ0v) is 24.3. The molecule has 0 saturated heterocycles. The van der Waals surface area contributed by atoms with Gasteiger partial charge in [-0.25, -0.2) is 4.98 Å². The van der Waals surface area contributed by atoms with E-state index < -0.39 is 0 Å². The molecule has 0 atom stereocenters. The molecular weight excluding hydrogens is 556 g/mol. The Morgan fingerprint density at radius 2 is 1.97 bits per heavy atom. The van der Waals surface area contributed by atoms with Gasteiger partial charge in [0.25, 0.3) is 5.56 Å². The molecule has 0 unspecified atom stereocenters. The average molecular weight is 585 g/mol. The molecule has 1 aliphatic carbocycles. The molecule has 0 radical (unpaired) electrons. The number of carbonyl (C=O) groups excluding carboxylic acids is 2. The van der Waals surface area contributed by atoms with Crippen LogP contribution in [0.3, 0.4) is 0 Å². The van der Waals surface area contributed by atoms with Crippen LogP contribution in [0.2, 0.25) is 5.02 Å². The van der Waals surface area contributed by atoms with Crippen molar-refractivity contribution < 1.29 is 14.3 Å². The zero-order chi connectivity index (χ0) is 27.9. The van der Waals surface area contributed by atoms with Crippen molar-refractivity contribution in [3.8, 4) is 5.75 Å². The lowest BCUT2D eigenvalue weighted by Gasteiger charge is -2.13. The highest BCUT2D eigenvalue weighted by atomic mass is 35.5. The summed E-state index contributed by atoms with van der Waals surface area (Å²) in [5, 5.41) is 4.55. The van der Waals surface area contributed by atoms with Gasteiger partial charge in [-0.05, 0) is 48.6 Å².